The number of hydrogen-bond donors (Lipinski definition) is 2. The van der Waals surface area contributed by atoms with Crippen LogP contribution >= 0.6 is 15.9 Å². The topological polar surface area (TPSA) is 58.4 Å². The summed E-state index contributed by atoms with van der Waals surface area (Å²) in [6.45, 7) is 4.00. The van der Waals surface area contributed by atoms with Crippen LogP contribution in [-0.2, 0) is 7.05 Å². The number of carbonyl (C=O) groups excluding carboxylic acids is 1. The van der Waals surface area contributed by atoms with E-state index in [1.54, 1.807) is 6.21 Å². The lowest BCUT2D eigenvalue weighted by Gasteiger charge is -2.06. The zero-order valence-electron chi connectivity index (χ0n) is 14.3. The fraction of sp³-hybridized carbons (Fsp3) is 0.158. The maximum absolute atomic E-state index is 12.0. The molecule has 0 radical (unpaired) electrons. The summed E-state index contributed by atoms with van der Waals surface area (Å²) < 4.78 is 3.12. The van der Waals surface area contributed by atoms with Gasteiger partial charge < -0.3 is 9.88 Å². The highest BCUT2D eigenvalue weighted by Gasteiger charge is 2.09. The van der Waals surface area contributed by atoms with Crippen LogP contribution in [-0.4, -0.2) is 16.8 Å². The predicted molar refractivity (Wildman–Crippen MR) is 106 cm³/mol. The largest absolute Gasteiger partial charge is 0.347 e. The normalized spacial score (nSPS) is 11.2. The average molecular weight is 399 g/mol. The van der Waals surface area contributed by atoms with Gasteiger partial charge >= 0.3 is 6.03 Å². The molecule has 0 spiro atoms. The number of amides is 2. The second-order valence-corrected chi connectivity index (χ2v) is 6.72. The van der Waals surface area contributed by atoms with Crippen molar-refractivity contribution in [3.63, 3.8) is 0 Å². The van der Waals surface area contributed by atoms with Crippen LogP contribution in [0, 0.1) is 13.8 Å². The van der Waals surface area contributed by atoms with E-state index < -0.39 is 0 Å². The second-order valence-electron chi connectivity index (χ2n) is 5.86. The van der Waals surface area contributed by atoms with Crippen LogP contribution in [0.5, 0.6) is 0 Å². The Morgan fingerprint density at radius 1 is 1.20 bits per heavy atom. The Kier molecular flexibility index (Phi) is 4.90. The number of hydrogen-bond acceptors (Lipinski definition) is 2. The summed E-state index contributed by atoms with van der Waals surface area (Å²) in [7, 11) is 2.02. The number of urea groups is 1. The fourth-order valence-corrected chi connectivity index (χ4v) is 3.00. The molecule has 5 nitrogen and oxygen atoms in total. The summed E-state index contributed by atoms with van der Waals surface area (Å²) in [5.74, 6) is 0. The molecule has 0 saturated carbocycles. The summed E-state index contributed by atoms with van der Waals surface area (Å²) in [4.78, 5) is 12.0. The summed E-state index contributed by atoms with van der Waals surface area (Å²) in [5, 5.41) is 7.96. The summed E-state index contributed by atoms with van der Waals surface area (Å²) >= 11 is 3.44. The Bertz CT molecular complexity index is 975. The van der Waals surface area contributed by atoms with Gasteiger partial charge in [-0.3, -0.25) is 0 Å². The molecule has 0 atom stereocenters. The van der Waals surface area contributed by atoms with E-state index in [0.717, 1.165) is 37.9 Å². The van der Waals surface area contributed by atoms with Gasteiger partial charge in [0, 0.05) is 39.4 Å². The minimum absolute atomic E-state index is 0.379. The molecule has 1 heterocycles. The van der Waals surface area contributed by atoms with E-state index >= 15 is 0 Å². The van der Waals surface area contributed by atoms with Crippen LogP contribution in [0.25, 0.3) is 10.9 Å². The lowest BCUT2D eigenvalue weighted by molar-refractivity contribution is 0.252. The number of anilines is 1. The molecule has 6 heteroatoms. The van der Waals surface area contributed by atoms with Gasteiger partial charge in [-0.25, -0.2) is 10.2 Å². The van der Waals surface area contributed by atoms with Gasteiger partial charge in [-0.1, -0.05) is 34.1 Å². The number of benzene rings is 2. The van der Waals surface area contributed by atoms with E-state index in [2.05, 4.69) is 42.4 Å². The molecule has 128 valence electrons. The van der Waals surface area contributed by atoms with E-state index in [4.69, 9.17) is 0 Å². The van der Waals surface area contributed by atoms with Crippen molar-refractivity contribution in [2.45, 2.75) is 13.8 Å². The van der Waals surface area contributed by atoms with Crippen molar-refractivity contribution in [3.8, 4) is 0 Å². The number of aryl methyl sites for hydroxylation is 2. The van der Waals surface area contributed by atoms with Crippen molar-refractivity contribution in [2.75, 3.05) is 5.32 Å². The van der Waals surface area contributed by atoms with E-state index in [-0.39, 0.29) is 6.03 Å². The molecule has 0 bridgehead atoms. The zero-order chi connectivity index (χ0) is 18.0. The molecule has 0 aliphatic carbocycles. The first-order valence-corrected chi connectivity index (χ1v) is 8.67. The number of aromatic nitrogens is 1. The second kappa shape index (κ2) is 7.11. The number of hydrazone groups is 1. The Balaban J connectivity index is 1.72. The van der Waals surface area contributed by atoms with Crippen molar-refractivity contribution >= 4 is 44.8 Å². The molecule has 1 aromatic heterocycles. The van der Waals surface area contributed by atoms with Crippen molar-refractivity contribution in [1.82, 2.24) is 9.99 Å². The lowest BCUT2D eigenvalue weighted by Crippen LogP contribution is -2.24. The van der Waals surface area contributed by atoms with Gasteiger partial charge in [0.1, 0.15) is 0 Å². The minimum Gasteiger partial charge on any atom is -0.347 e. The number of nitrogens with one attached hydrogen (secondary N) is 2. The van der Waals surface area contributed by atoms with Crippen LogP contribution in [0.15, 0.2) is 52.0 Å². The molecule has 0 fully saturated rings. The first-order chi connectivity index (χ1) is 12.0. The third-order valence-corrected chi connectivity index (χ3v) is 5.11. The number of fused-ring (bicyclic) bond motifs is 1. The maximum atomic E-state index is 12.0. The highest BCUT2D eigenvalue weighted by molar-refractivity contribution is 9.10. The number of halogens is 1. The van der Waals surface area contributed by atoms with Crippen molar-refractivity contribution in [2.24, 2.45) is 12.1 Å². The summed E-state index contributed by atoms with van der Waals surface area (Å²) in [6, 6.07) is 13.4. The molecule has 0 aliphatic rings. The van der Waals surface area contributed by atoms with Crippen molar-refractivity contribution in [3.05, 3.63) is 63.8 Å². The number of rotatable bonds is 3. The molecule has 3 aromatic rings. The van der Waals surface area contributed by atoms with Gasteiger partial charge in [0.25, 0.3) is 0 Å². The molecule has 2 amide bonds. The van der Waals surface area contributed by atoms with E-state index in [9.17, 15) is 4.79 Å². The Morgan fingerprint density at radius 2 is 1.96 bits per heavy atom. The predicted octanol–water partition coefficient (Wildman–Crippen LogP) is 4.71. The highest BCUT2D eigenvalue weighted by Crippen LogP contribution is 2.23. The summed E-state index contributed by atoms with van der Waals surface area (Å²) in [6.07, 6.45) is 1.68. The van der Waals surface area contributed by atoms with Crippen LogP contribution in [0.4, 0.5) is 10.5 Å². The monoisotopic (exact) mass is 398 g/mol. The van der Waals surface area contributed by atoms with Gasteiger partial charge in [0.05, 0.1) is 6.21 Å². The average Bonchev–Trinajstić information content (AvgIpc) is 2.83. The SMILES string of the molecule is Cc1cc(NC(=O)N/N=C\c2c(C)n(C)c3ccccc23)ccc1Br. The van der Waals surface area contributed by atoms with Gasteiger partial charge in [0.2, 0.25) is 0 Å². The first-order valence-electron chi connectivity index (χ1n) is 7.87. The molecular formula is C19H19BrN4O. The fourth-order valence-electron chi connectivity index (χ4n) is 2.75. The molecule has 3 rings (SSSR count). The maximum Gasteiger partial charge on any atom is 0.339 e. The molecule has 2 N–H and O–H groups in total. The minimum atomic E-state index is -0.379. The van der Waals surface area contributed by atoms with Gasteiger partial charge in [-0.2, -0.15) is 5.10 Å². The van der Waals surface area contributed by atoms with Crippen LogP contribution in [0.1, 0.15) is 16.8 Å². The third-order valence-electron chi connectivity index (χ3n) is 4.22. The van der Waals surface area contributed by atoms with Crippen LogP contribution in [0.2, 0.25) is 0 Å². The van der Waals surface area contributed by atoms with E-state index in [1.165, 1.54) is 0 Å². The smallest absolute Gasteiger partial charge is 0.339 e. The lowest BCUT2D eigenvalue weighted by atomic mass is 10.1. The Hall–Kier alpha value is -2.60. The number of nitrogens with zero attached hydrogens (tertiary/aromatic N) is 2. The highest BCUT2D eigenvalue weighted by atomic mass is 79.9. The number of carbonyl (C=O) groups is 1. The number of para-hydroxylation sites is 1. The Morgan fingerprint density at radius 3 is 2.72 bits per heavy atom. The van der Waals surface area contributed by atoms with Crippen molar-refractivity contribution in [1.29, 1.82) is 0 Å². The van der Waals surface area contributed by atoms with E-state index in [1.807, 2.05) is 57.3 Å². The van der Waals surface area contributed by atoms with Crippen LogP contribution < -0.4 is 10.7 Å². The standard InChI is InChI=1S/C19H19BrN4O/c1-12-10-14(8-9-17(12)20)22-19(25)23-21-11-16-13(2)24(3)18-7-5-4-6-15(16)18/h4-11H,1-3H3,(H2,22,23,25)/b21-11-. The zero-order valence-corrected chi connectivity index (χ0v) is 15.9. The van der Waals surface area contributed by atoms with Gasteiger partial charge in [-0.05, 0) is 43.7 Å². The molecule has 0 aliphatic heterocycles. The quantitative estimate of drug-likeness (QED) is 0.486. The van der Waals surface area contributed by atoms with Gasteiger partial charge in [-0.15, -0.1) is 0 Å². The third kappa shape index (κ3) is 3.58. The molecule has 0 unspecified atom stereocenters. The summed E-state index contributed by atoms with van der Waals surface area (Å²) in [5.41, 5.74) is 7.51. The molecule has 2 aromatic carbocycles. The Labute approximate surface area is 154 Å². The van der Waals surface area contributed by atoms with E-state index in [0.29, 0.717) is 0 Å². The van der Waals surface area contributed by atoms with Crippen molar-refractivity contribution < 1.29 is 4.79 Å². The molecular weight excluding hydrogens is 380 g/mol. The first kappa shape index (κ1) is 17.2. The van der Waals surface area contributed by atoms with Gasteiger partial charge in [0.15, 0.2) is 0 Å². The molecule has 25 heavy (non-hydrogen) atoms. The van der Waals surface area contributed by atoms with Crippen LogP contribution in [0.3, 0.4) is 0 Å². The molecule has 0 saturated heterocycles.